The highest BCUT2D eigenvalue weighted by Gasteiger charge is 2.64. The van der Waals surface area contributed by atoms with Gasteiger partial charge in [0.2, 0.25) is 21.8 Å². The van der Waals surface area contributed by atoms with Crippen molar-refractivity contribution in [2.75, 3.05) is 20.3 Å². The lowest BCUT2D eigenvalue weighted by atomic mass is 9.86. The number of methoxy groups -OCH3 is 1. The van der Waals surface area contributed by atoms with Crippen LogP contribution in [-0.4, -0.2) is 84.2 Å². The van der Waals surface area contributed by atoms with Gasteiger partial charge in [-0.25, -0.2) is 13.4 Å². The molecule has 1 aromatic carbocycles. The van der Waals surface area contributed by atoms with Crippen LogP contribution in [0.1, 0.15) is 129 Å². The van der Waals surface area contributed by atoms with Gasteiger partial charge in [-0.05, 0) is 95.2 Å². The van der Waals surface area contributed by atoms with E-state index in [1.165, 1.54) is 0 Å². The highest BCUT2D eigenvalue weighted by atomic mass is 32.2. The second-order valence-corrected chi connectivity index (χ2v) is 20.3. The van der Waals surface area contributed by atoms with Crippen molar-refractivity contribution in [2.45, 2.75) is 146 Å². The standard InChI is InChI=1S/C43H56N4O9S.CH4/c1-26(2)24-55-35(48)20-28-10-8-6-5-7-9-11-29-22-43(29,40(51)46-57(52,53)41(3)18-19-41)45-38(49)34-23-42(25-47(34)39(28)50)17-16-31-32-21-30(54-4)14-15-33(32)44-36(27-12-13-27)37(31)56-42;/h9,11,14-15,21,26-29,34H,5-8,10,12-13,16-20,22-25H2,1-4H3,(H,45,49)(H,46,51);1H4/b11-9-;/t28-,29-,34+,42-,43-;/m1./s1. The molecule has 2 aromatic rings. The van der Waals surface area contributed by atoms with Gasteiger partial charge in [0.15, 0.2) is 0 Å². The number of nitrogens with zero attached hydrogens (tertiary/aromatic N) is 2. The van der Waals surface area contributed by atoms with Crippen molar-refractivity contribution in [1.29, 1.82) is 0 Å². The molecule has 316 valence electrons. The summed E-state index contributed by atoms with van der Waals surface area (Å²) in [6.45, 7) is 5.87. The summed E-state index contributed by atoms with van der Waals surface area (Å²) in [7, 11) is -2.35. The molecule has 1 saturated heterocycles. The first kappa shape index (κ1) is 41.9. The number of carbonyl (C=O) groups is 4. The third-order valence-corrected chi connectivity index (χ3v) is 15.3. The van der Waals surface area contributed by atoms with E-state index in [0.29, 0.717) is 50.0 Å². The molecule has 4 heterocycles. The first-order chi connectivity index (χ1) is 27.2. The summed E-state index contributed by atoms with van der Waals surface area (Å²) in [6, 6.07) is 4.81. The summed E-state index contributed by atoms with van der Waals surface area (Å²) < 4.78 is 46.0. The molecule has 1 spiro atoms. The van der Waals surface area contributed by atoms with Crippen LogP contribution >= 0.6 is 0 Å². The van der Waals surface area contributed by atoms with Gasteiger partial charge < -0.3 is 24.4 Å². The van der Waals surface area contributed by atoms with Crippen LogP contribution in [0, 0.1) is 17.8 Å². The number of esters is 1. The number of pyridine rings is 1. The van der Waals surface area contributed by atoms with Crippen LogP contribution in [0.25, 0.3) is 10.9 Å². The average molecular weight is 821 g/mol. The van der Waals surface area contributed by atoms with Gasteiger partial charge in [-0.1, -0.05) is 46.3 Å². The van der Waals surface area contributed by atoms with Crippen molar-refractivity contribution >= 4 is 44.6 Å². The SMILES string of the molecule is C.COc1ccc2nc(C3CC3)c3c(c2c1)CC[C@]1(C[C@H]2C(=O)N[C@]4(C(=O)NS(=O)(=O)C5(C)CC5)C[C@H]4/C=C\CCCCC[C@H](CC(=O)OCC(C)C)C(=O)N2C1)O3. The van der Waals surface area contributed by atoms with Crippen molar-refractivity contribution < 1.29 is 41.8 Å². The molecular formula is C44H60N4O9S. The molecule has 0 bridgehead atoms. The number of aromatic nitrogens is 1. The van der Waals surface area contributed by atoms with E-state index >= 15 is 0 Å². The van der Waals surface area contributed by atoms with E-state index in [1.807, 2.05) is 44.2 Å². The minimum atomic E-state index is -3.98. The zero-order valence-corrected chi connectivity index (χ0v) is 34.4. The number of carbonyl (C=O) groups excluding carboxylic acids is 4. The van der Waals surface area contributed by atoms with Gasteiger partial charge in [-0.15, -0.1) is 0 Å². The molecule has 8 rings (SSSR count). The Morgan fingerprint density at radius 1 is 1.09 bits per heavy atom. The van der Waals surface area contributed by atoms with Gasteiger partial charge in [0.1, 0.15) is 28.7 Å². The number of ether oxygens (including phenoxy) is 3. The monoisotopic (exact) mass is 820 g/mol. The molecule has 3 amide bonds. The van der Waals surface area contributed by atoms with Crippen LogP contribution in [0.5, 0.6) is 11.5 Å². The maximum absolute atomic E-state index is 14.9. The molecule has 0 radical (unpaired) electrons. The second kappa shape index (κ2) is 15.8. The van der Waals surface area contributed by atoms with E-state index in [0.717, 1.165) is 54.3 Å². The van der Waals surface area contributed by atoms with Gasteiger partial charge in [-0.2, -0.15) is 0 Å². The fourth-order valence-corrected chi connectivity index (χ4v) is 10.3. The summed E-state index contributed by atoms with van der Waals surface area (Å²) in [5, 5.41) is 3.94. The van der Waals surface area contributed by atoms with E-state index < -0.39 is 61.6 Å². The molecule has 3 aliphatic carbocycles. The number of nitrogens with one attached hydrogen (secondary N) is 2. The highest BCUT2D eigenvalue weighted by molar-refractivity contribution is 7.91. The molecule has 13 nitrogen and oxygen atoms in total. The summed E-state index contributed by atoms with van der Waals surface area (Å²) in [5.74, 6) is -1.41. The zero-order valence-electron chi connectivity index (χ0n) is 33.6. The van der Waals surface area contributed by atoms with Crippen molar-refractivity contribution in [3.05, 3.63) is 41.6 Å². The van der Waals surface area contributed by atoms with Crippen LogP contribution in [0.4, 0.5) is 0 Å². The number of rotatable bonds is 9. The van der Waals surface area contributed by atoms with Crippen LogP contribution in [-0.2, 0) is 40.4 Å². The predicted octanol–water partition coefficient (Wildman–Crippen LogP) is 6.02. The maximum Gasteiger partial charge on any atom is 0.306 e. The van der Waals surface area contributed by atoms with Crippen LogP contribution < -0.4 is 19.5 Å². The number of hydrogen-bond donors (Lipinski definition) is 2. The lowest BCUT2D eigenvalue weighted by Crippen LogP contribution is -2.57. The van der Waals surface area contributed by atoms with E-state index in [2.05, 4.69) is 10.0 Å². The van der Waals surface area contributed by atoms with E-state index in [-0.39, 0.29) is 57.6 Å². The largest absolute Gasteiger partial charge is 0.497 e. The number of amides is 3. The fourth-order valence-electron chi connectivity index (χ4n) is 8.95. The Hall–Kier alpha value is -4.20. The second-order valence-electron chi connectivity index (χ2n) is 18.1. The predicted molar refractivity (Wildman–Crippen MR) is 219 cm³/mol. The van der Waals surface area contributed by atoms with Crippen LogP contribution in [0.15, 0.2) is 30.4 Å². The van der Waals surface area contributed by atoms with E-state index in [9.17, 15) is 27.6 Å². The third-order valence-electron chi connectivity index (χ3n) is 13.1. The molecule has 14 heteroatoms. The van der Waals surface area contributed by atoms with Gasteiger partial charge in [0.25, 0.3) is 5.91 Å². The van der Waals surface area contributed by atoms with Crippen molar-refractivity contribution in [3.8, 4) is 11.5 Å². The minimum Gasteiger partial charge on any atom is -0.497 e. The Labute approximate surface area is 342 Å². The molecule has 2 N–H and O–H groups in total. The van der Waals surface area contributed by atoms with Crippen molar-refractivity contribution in [3.63, 3.8) is 0 Å². The van der Waals surface area contributed by atoms with Crippen LogP contribution in [0.3, 0.4) is 0 Å². The number of sulfonamides is 1. The number of allylic oxidation sites excluding steroid dienone is 1. The maximum atomic E-state index is 14.9. The molecule has 4 fully saturated rings. The molecule has 1 aromatic heterocycles. The third kappa shape index (κ3) is 8.06. The van der Waals surface area contributed by atoms with Gasteiger partial charge in [0, 0.05) is 35.1 Å². The van der Waals surface area contributed by atoms with Gasteiger partial charge in [-0.3, -0.25) is 23.9 Å². The number of benzene rings is 1. The Morgan fingerprint density at radius 2 is 1.86 bits per heavy atom. The Bertz CT molecular complexity index is 2110. The Kier molecular flexibility index (Phi) is 11.4. The summed E-state index contributed by atoms with van der Waals surface area (Å²) in [5.41, 5.74) is 0.357. The molecule has 3 saturated carbocycles. The lowest BCUT2D eigenvalue weighted by molar-refractivity contribution is -0.151. The number of fused-ring (bicyclic) bond motifs is 5. The quantitative estimate of drug-likeness (QED) is 0.225. The number of hydrogen-bond acceptors (Lipinski definition) is 10. The van der Waals surface area contributed by atoms with Gasteiger partial charge in [0.05, 0.1) is 42.6 Å². The Balaban J connectivity index is 0.00000512. The first-order valence-corrected chi connectivity index (χ1v) is 22.4. The molecule has 0 unspecified atom stereocenters. The van der Waals surface area contributed by atoms with Gasteiger partial charge >= 0.3 is 5.97 Å². The summed E-state index contributed by atoms with van der Waals surface area (Å²) in [6.07, 6.45) is 11.8. The fraction of sp³-hybridized carbons (Fsp3) is 0.659. The topological polar surface area (TPSA) is 170 Å². The first-order valence-electron chi connectivity index (χ1n) is 20.9. The lowest BCUT2D eigenvalue weighted by Gasteiger charge is -2.37. The normalized spacial score (nSPS) is 29.7. The average Bonchev–Trinajstić information content (AvgIpc) is 4.12. The molecular weight excluding hydrogens is 761 g/mol. The Morgan fingerprint density at radius 3 is 2.57 bits per heavy atom. The van der Waals surface area contributed by atoms with E-state index in [4.69, 9.17) is 19.2 Å². The zero-order chi connectivity index (χ0) is 40.3. The summed E-state index contributed by atoms with van der Waals surface area (Å²) in [4.78, 5) is 63.5. The van der Waals surface area contributed by atoms with Crippen LogP contribution in [0.2, 0.25) is 0 Å². The van der Waals surface area contributed by atoms with Crippen molar-refractivity contribution in [1.82, 2.24) is 19.9 Å². The molecule has 58 heavy (non-hydrogen) atoms. The molecule has 3 aliphatic heterocycles. The molecule has 5 atom stereocenters. The summed E-state index contributed by atoms with van der Waals surface area (Å²) >= 11 is 0. The van der Waals surface area contributed by atoms with Crippen molar-refractivity contribution in [2.24, 2.45) is 17.8 Å². The minimum absolute atomic E-state index is 0. The highest BCUT2D eigenvalue weighted by Crippen LogP contribution is 2.52. The smallest absolute Gasteiger partial charge is 0.306 e. The number of aryl methyl sites for hydroxylation is 1. The van der Waals surface area contributed by atoms with E-state index in [1.54, 1.807) is 18.9 Å². The molecule has 6 aliphatic rings.